The van der Waals surface area contributed by atoms with Gasteiger partial charge in [-0.2, -0.15) is 0 Å². The molecule has 0 spiro atoms. The van der Waals surface area contributed by atoms with Crippen LogP contribution >= 0.6 is 11.3 Å². The Morgan fingerprint density at radius 2 is 1.00 bits per heavy atom. The number of nitrogens with zero attached hydrogens (tertiary/aromatic N) is 1. The molecular formula is C30H21NS. The van der Waals surface area contributed by atoms with E-state index in [1.54, 1.807) is 0 Å². The Balaban J connectivity index is 1.46. The van der Waals surface area contributed by atoms with E-state index in [9.17, 15) is 0 Å². The van der Waals surface area contributed by atoms with Crippen LogP contribution in [0, 0.1) is 0 Å². The molecule has 0 aliphatic rings. The van der Waals surface area contributed by atoms with E-state index in [4.69, 9.17) is 0 Å². The van der Waals surface area contributed by atoms with Gasteiger partial charge < -0.3 is 4.90 Å². The molecule has 0 saturated carbocycles. The molecule has 5 aromatic carbocycles. The monoisotopic (exact) mass is 427 g/mol. The van der Waals surface area contributed by atoms with Crippen LogP contribution in [0.2, 0.25) is 0 Å². The third kappa shape index (κ3) is 3.26. The number of para-hydroxylation sites is 2. The molecule has 1 nitrogen and oxygen atoms in total. The SMILES string of the molecule is c1ccc(N(c2ccccc2)c2ccc(-c3cccc4c3sc3ccccc34)cc2)cc1. The van der Waals surface area contributed by atoms with Crippen LogP contribution in [0.4, 0.5) is 17.1 Å². The van der Waals surface area contributed by atoms with Crippen molar-refractivity contribution in [1.29, 1.82) is 0 Å². The summed E-state index contributed by atoms with van der Waals surface area (Å²) in [7, 11) is 0. The van der Waals surface area contributed by atoms with Gasteiger partial charge in [-0.1, -0.05) is 84.9 Å². The van der Waals surface area contributed by atoms with E-state index < -0.39 is 0 Å². The normalized spacial score (nSPS) is 11.1. The lowest BCUT2D eigenvalue weighted by Gasteiger charge is -2.25. The molecule has 6 rings (SSSR count). The lowest BCUT2D eigenvalue weighted by Crippen LogP contribution is -2.09. The smallest absolute Gasteiger partial charge is 0.0462 e. The fraction of sp³-hybridized carbons (Fsp3) is 0. The van der Waals surface area contributed by atoms with Gasteiger partial charge in [-0.25, -0.2) is 0 Å². The van der Waals surface area contributed by atoms with Gasteiger partial charge in [-0.3, -0.25) is 0 Å². The summed E-state index contributed by atoms with van der Waals surface area (Å²) in [6.45, 7) is 0. The highest BCUT2D eigenvalue weighted by Crippen LogP contribution is 2.41. The first-order valence-corrected chi connectivity index (χ1v) is 11.6. The highest BCUT2D eigenvalue weighted by molar-refractivity contribution is 7.26. The van der Waals surface area contributed by atoms with Crippen LogP contribution in [0.1, 0.15) is 0 Å². The molecule has 0 amide bonds. The van der Waals surface area contributed by atoms with Crippen molar-refractivity contribution >= 4 is 48.6 Å². The second-order valence-electron chi connectivity index (χ2n) is 7.83. The third-order valence-electron chi connectivity index (χ3n) is 5.87. The van der Waals surface area contributed by atoms with E-state index in [0.29, 0.717) is 0 Å². The molecular weight excluding hydrogens is 406 g/mol. The van der Waals surface area contributed by atoms with E-state index in [2.05, 4.69) is 132 Å². The number of hydrogen-bond acceptors (Lipinski definition) is 2. The Labute approximate surface area is 191 Å². The van der Waals surface area contributed by atoms with Crippen LogP contribution in [-0.4, -0.2) is 0 Å². The molecule has 0 radical (unpaired) electrons. The predicted molar refractivity (Wildman–Crippen MR) is 139 cm³/mol. The first kappa shape index (κ1) is 18.9. The predicted octanol–water partition coefficient (Wildman–Crippen LogP) is 9.19. The lowest BCUT2D eigenvalue weighted by molar-refractivity contribution is 1.28. The molecule has 6 aromatic rings. The number of fused-ring (bicyclic) bond motifs is 3. The number of rotatable bonds is 4. The first-order valence-electron chi connectivity index (χ1n) is 10.8. The molecule has 0 bridgehead atoms. The van der Waals surface area contributed by atoms with Crippen LogP contribution in [0.25, 0.3) is 31.3 Å². The second kappa shape index (κ2) is 7.99. The Morgan fingerprint density at radius 1 is 0.438 bits per heavy atom. The van der Waals surface area contributed by atoms with Gasteiger partial charge in [-0.05, 0) is 53.6 Å². The van der Waals surface area contributed by atoms with Crippen molar-refractivity contribution in [3.05, 3.63) is 127 Å². The molecule has 0 aliphatic carbocycles. The van der Waals surface area contributed by atoms with Crippen LogP contribution in [-0.2, 0) is 0 Å². The molecule has 152 valence electrons. The minimum absolute atomic E-state index is 1.15. The topological polar surface area (TPSA) is 3.24 Å². The Kier molecular flexibility index (Phi) is 4.71. The van der Waals surface area contributed by atoms with Gasteiger partial charge in [0.2, 0.25) is 0 Å². The highest BCUT2D eigenvalue weighted by atomic mass is 32.1. The molecule has 1 heterocycles. The quantitative estimate of drug-likeness (QED) is 0.271. The van der Waals surface area contributed by atoms with Crippen LogP contribution in [0.15, 0.2) is 127 Å². The minimum Gasteiger partial charge on any atom is -0.311 e. The van der Waals surface area contributed by atoms with E-state index >= 15 is 0 Å². The van der Waals surface area contributed by atoms with Gasteiger partial charge in [0.05, 0.1) is 0 Å². The summed E-state index contributed by atoms with van der Waals surface area (Å²) in [6, 6.07) is 45.3. The Morgan fingerprint density at radius 3 is 1.69 bits per heavy atom. The van der Waals surface area contributed by atoms with Gasteiger partial charge in [0.25, 0.3) is 0 Å². The average molecular weight is 428 g/mol. The van der Waals surface area contributed by atoms with E-state index in [0.717, 1.165) is 17.1 Å². The summed E-state index contributed by atoms with van der Waals surface area (Å²) in [4.78, 5) is 2.30. The van der Waals surface area contributed by atoms with Crippen molar-refractivity contribution in [3.8, 4) is 11.1 Å². The highest BCUT2D eigenvalue weighted by Gasteiger charge is 2.13. The van der Waals surface area contributed by atoms with Gasteiger partial charge in [0, 0.05) is 37.2 Å². The van der Waals surface area contributed by atoms with Gasteiger partial charge >= 0.3 is 0 Å². The minimum atomic E-state index is 1.15. The standard InChI is InChI=1S/C30H21NS/c1-3-10-23(11-4-1)31(24-12-5-2-6-13-24)25-20-18-22(19-21-25)26-15-9-16-28-27-14-7-8-17-29(27)32-30(26)28/h1-21H. The van der Waals surface area contributed by atoms with Crippen LogP contribution in [0.5, 0.6) is 0 Å². The zero-order valence-electron chi connectivity index (χ0n) is 17.5. The summed E-state index contributed by atoms with van der Waals surface area (Å²) < 4.78 is 2.69. The molecule has 32 heavy (non-hydrogen) atoms. The van der Waals surface area contributed by atoms with Crippen molar-refractivity contribution in [1.82, 2.24) is 0 Å². The molecule has 0 atom stereocenters. The molecule has 2 heteroatoms. The maximum atomic E-state index is 2.30. The lowest BCUT2D eigenvalue weighted by atomic mass is 10.0. The van der Waals surface area contributed by atoms with Crippen molar-refractivity contribution in [2.24, 2.45) is 0 Å². The summed E-state index contributed by atoms with van der Waals surface area (Å²) in [5, 5.41) is 2.67. The average Bonchev–Trinajstić information content (AvgIpc) is 3.25. The summed E-state index contributed by atoms with van der Waals surface area (Å²) in [6.07, 6.45) is 0. The first-order chi connectivity index (χ1) is 15.9. The van der Waals surface area contributed by atoms with Crippen molar-refractivity contribution < 1.29 is 0 Å². The van der Waals surface area contributed by atoms with E-state index in [1.165, 1.54) is 31.3 Å². The second-order valence-corrected chi connectivity index (χ2v) is 8.89. The maximum absolute atomic E-state index is 2.30. The zero-order valence-corrected chi connectivity index (χ0v) is 18.3. The summed E-state index contributed by atoms with van der Waals surface area (Å²) >= 11 is 1.88. The molecule has 0 N–H and O–H groups in total. The van der Waals surface area contributed by atoms with Crippen molar-refractivity contribution in [3.63, 3.8) is 0 Å². The summed E-state index contributed by atoms with van der Waals surface area (Å²) in [5.41, 5.74) is 5.99. The van der Waals surface area contributed by atoms with Gasteiger partial charge in [-0.15, -0.1) is 11.3 Å². The molecule has 0 fully saturated rings. The summed E-state index contributed by atoms with van der Waals surface area (Å²) in [5.74, 6) is 0. The van der Waals surface area contributed by atoms with Crippen LogP contribution in [0.3, 0.4) is 0 Å². The number of hydrogen-bond donors (Lipinski definition) is 0. The maximum Gasteiger partial charge on any atom is 0.0462 e. The Bertz CT molecular complexity index is 1460. The van der Waals surface area contributed by atoms with Crippen LogP contribution < -0.4 is 4.90 Å². The number of thiophene rings is 1. The largest absolute Gasteiger partial charge is 0.311 e. The van der Waals surface area contributed by atoms with Crippen molar-refractivity contribution in [2.45, 2.75) is 0 Å². The zero-order chi connectivity index (χ0) is 21.3. The fourth-order valence-electron chi connectivity index (χ4n) is 4.37. The van der Waals surface area contributed by atoms with Gasteiger partial charge in [0.1, 0.15) is 0 Å². The fourth-order valence-corrected chi connectivity index (χ4v) is 5.60. The van der Waals surface area contributed by atoms with Crippen molar-refractivity contribution in [2.75, 3.05) is 4.90 Å². The molecule has 1 aromatic heterocycles. The van der Waals surface area contributed by atoms with E-state index in [1.807, 2.05) is 11.3 Å². The molecule has 0 saturated heterocycles. The Hall–Kier alpha value is -3.88. The molecule has 0 aliphatic heterocycles. The number of anilines is 3. The van der Waals surface area contributed by atoms with Gasteiger partial charge in [0.15, 0.2) is 0 Å². The third-order valence-corrected chi connectivity index (χ3v) is 7.09. The number of benzene rings is 5. The van der Waals surface area contributed by atoms with E-state index in [-0.39, 0.29) is 0 Å². The molecule has 0 unspecified atom stereocenters.